The van der Waals surface area contributed by atoms with Crippen LogP contribution in [0.3, 0.4) is 0 Å². The topological polar surface area (TPSA) is 55.6 Å². The highest BCUT2D eigenvalue weighted by Gasteiger charge is 2.41. The fourth-order valence-corrected chi connectivity index (χ4v) is 3.21. The monoisotopic (exact) mass is 262 g/mol. The molecule has 1 aliphatic heterocycles. The highest BCUT2D eigenvalue weighted by molar-refractivity contribution is 5.34. The second-order valence-corrected chi connectivity index (χ2v) is 5.39. The SMILES string of the molecule is CN1[C@@H](c2ccc([N+](=O)[O-])cc2)OC2CCCC[C@@H]21. The Labute approximate surface area is 112 Å². The maximum absolute atomic E-state index is 10.7. The van der Waals surface area contributed by atoms with Crippen molar-refractivity contribution in [2.45, 2.75) is 44.1 Å². The molecule has 1 heterocycles. The molecule has 0 aromatic heterocycles. The van der Waals surface area contributed by atoms with Crippen LogP contribution in [-0.2, 0) is 4.74 Å². The van der Waals surface area contributed by atoms with Gasteiger partial charge in [-0.3, -0.25) is 15.0 Å². The van der Waals surface area contributed by atoms with Crippen LogP contribution in [0.2, 0.25) is 0 Å². The number of ether oxygens (including phenoxy) is 1. The van der Waals surface area contributed by atoms with Crippen LogP contribution in [0.15, 0.2) is 24.3 Å². The third kappa shape index (κ3) is 2.24. The van der Waals surface area contributed by atoms with Gasteiger partial charge in [-0.25, -0.2) is 0 Å². The molecule has 1 saturated carbocycles. The van der Waals surface area contributed by atoms with E-state index in [4.69, 9.17) is 4.74 Å². The molecule has 0 amide bonds. The summed E-state index contributed by atoms with van der Waals surface area (Å²) in [5.74, 6) is 0. The summed E-state index contributed by atoms with van der Waals surface area (Å²) >= 11 is 0. The van der Waals surface area contributed by atoms with Crippen LogP contribution in [0, 0.1) is 10.1 Å². The number of nitro benzene ring substituents is 1. The minimum absolute atomic E-state index is 0.0612. The Morgan fingerprint density at radius 3 is 2.58 bits per heavy atom. The first-order valence-corrected chi connectivity index (χ1v) is 6.78. The molecule has 1 aliphatic carbocycles. The van der Waals surface area contributed by atoms with Crippen molar-refractivity contribution in [3.8, 4) is 0 Å². The fraction of sp³-hybridized carbons (Fsp3) is 0.571. The van der Waals surface area contributed by atoms with Crippen LogP contribution >= 0.6 is 0 Å². The number of likely N-dealkylation sites (N-methyl/N-ethyl adjacent to an activating group) is 1. The van der Waals surface area contributed by atoms with Crippen molar-refractivity contribution in [1.82, 2.24) is 4.90 Å². The van der Waals surface area contributed by atoms with Gasteiger partial charge in [-0.1, -0.05) is 12.8 Å². The van der Waals surface area contributed by atoms with Gasteiger partial charge in [-0.15, -0.1) is 0 Å². The van der Waals surface area contributed by atoms with E-state index in [2.05, 4.69) is 11.9 Å². The summed E-state index contributed by atoms with van der Waals surface area (Å²) in [7, 11) is 2.09. The first-order chi connectivity index (χ1) is 9.16. The molecular formula is C14H18N2O3. The van der Waals surface area contributed by atoms with E-state index in [1.165, 1.54) is 19.3 Å². The van der Waals surface area contributed by atoms with Crippen molar-refractivity contribution < 1.29 is 9.66 Å². The lowest BCUT2D eigenvalue weighted by atomic mass is 9.92. The number of nitrogens with zero attached hydrogens (tertiary/aromatic N) is 2. The van der Waals surface area contributed by atoms with Gasteiger partial charge in [0.1, 0.15) is 6.23 Å². The van der Waals surface area contributed by atoms with Gasteiger partial charge in [0.25, 0.3) is 5.69 Å². The smallest absolute Gasteiger partial charge is 0.269 e. The highest BCUT2D eigenvalue weighted by atomic mass is 16.6. The van der Waals surface area contributed by atoms with E-state index in [1.807, 2.05) is 0 Å². The Bertz CT molecular complexity index is 474. The standard InChI is InChI=1S/C14H18N2O3/c1-15-12-4-2-3-5-13(12)19-14(15)10-6-8-11(9-7-10)16(17)18/h6-9,12-14H,2-5H2,1H3/t12-,13?,14+/m0/s1. The number of fused-ring (bicyclic) bond motifs is 1. The molecule has 3 atom stereocenters. The van der Waals surface area contributed by atoms with E-state index >= 15 is 0 Å². The van der Waals surface area contributed by atoms with Crippen LogP contribution in [0.4, 0.5) is 5.69 Å². The molecule has 1 aromatic carbocycles. The largest absolute Gasteiger partial charge is 0.354 e. The minimum atomic E-state index is -0.372. The zero-order valence-corrected chi connectivity index (χ0v) is 11.0. The normalized spacial score (nSPS) is 31.1. The van der Waals surface area contributed by atoms with Gasteiger partial charge >= 0.3 is 0 Å². The van der Waals surface area contributed by atoms with Crippen LogP contribution in [-0.4, -0.2) is 29.0 Å². The molecule has 19 heavy (non-hydrogen) atoms. The quantitative estimate of drug-likeness (QED) is 0.607. The summed E-state index contributed by atoms with van der Waals surface area (Å²) < 4.78 is 6.12. The van der Waals surface area contributed by atoms with Crippen molar-refractivity contribution in [2.24, 2.45) is 0 Å². The summed E-state index contributed by atoms with van der Waals surface area (Å²) in [6, 6.07) is 7.20. The van der Waals surface area contributed by atoms with E-state index in [0.717, 1.165) is 12.0 Å². The molecule has 0 radical (unpaired) electrons. The van der Waals surface area contributed by atoms with Crippen molar-refractivity contribution in [3.63, 3.8) is 0 Å². The maximum Gasteiger partial charge on any atom is 0.269 e. The summed E-state index contributed by atoms with van der Waals surface area (Å²) in [6.07, 6.45) is 5.07. The summed E-state index contributed by atoms with van der Waals surface area (Å²) in [4.78, 5) is 12.6. The van der Waals surface area contributed by atoms with E-state index in [-0.39, 0.29) is 16.8 Å². The number of non-ortho nitro benzene ring substituents is 1. The van der Waals surface area contributed by atoms with E-state index in [0.29, 0.717) is 12.1 Å². The Hall–Kier alpha value is -1.46. The average molecular weight is 262 g/mol. The Kier molecular flexibility index (Phi) is 3.24. The second kappa shape index (κ2) is 4.90. The summed E-state index contributed by atoms with van der Waals surface area (Å²) in [5, 5.41) is 10.7. The number of nitro groups is 1. The molecule has 3 rings (SSSR count). The molecule has 102 valence electrons. The zero-order chi connectivity index (χ0) is 13.4. The highest BCUT2D eigenvalue weighted by Crippen LogP contribution is 2.39. The van der Waals surface area contributed by atoms with Crippen LogP contribution < -0.4 is 0 Å². The number of hydrogen-bond acceptors (Lipinski definition) is 4. The maximum atomic E-state index is 10.7. The molecule has 0 bridgehead atoms. The van der Waals surface area contributed by atoms with Crippen LogP contribution in [0.25, 0.3) is 0 Å². The van der Waals surface area contributed by atoms with Crippen molar-refractivity contribution >= 4 is 5.69 Å². The van der Waals surface area contributed by atoms with Crippen LogP contribution in [0.5, 0.6) is 0 Å². The fourth-order valence-electron chi connectivity index (χ4n) is 3.21. The molecule has 5 heteroatoms. The molecule has 0 N–H and O–H groups in total. The van der Waals surface area contributed by atoms with E-state index < -0.39 is 0 Å². The second-order valence-electron chi connectivity index (χ2n) is 5.39. The lowest BCUT2D eigenvalue weighted by molar-refractivity contribution is -0.384. The third-order valence-electron chi connectivity index (χ3n) is 4.25. The predicted octanol–water partition coefficient (Wildman–Crippen LogP) is 2.87. The molecular weight excluding hydrogens is 244 g/mol. The van der Waals surface area contributed by atoms with E-state index in [1.54, 1.807) is 24.3 Å². The van der Waals surface area contributed by atoms with Gasteiger partial charge in [-0.05, 0) is 37.6 Å². The third-order valence-corrected chi connectivity index (χ3v) is 4.25. The van der Waals surface area contributed by atoms with Crippen LogP contribution in [0.1, 0.15) is 37.5 Å². The Morgan fingerprint density at radius 2 is 1.95 bits per heavy atom. The molecule has 2 fully saturated rings. The zero-order valence-electron chi connectivity index (χ0n) is 11.0. The summed E-state index contributed by atoms with van der Waals surface area (Å²) in [5.41, 5.74) is 1.13. The lowest BCUT2D eigenvalue weighted by Crippen LogP contribution is -2.35. The predicted molar refractivity (Wildman–Crippen MR) is 70.7 cm³/mol. The van der Waals surface area contributed by atoms with Gasteiger partial charge in [0, 0.05) is 18.2 Å². The van der Waals surface area contributed by atoms with E-state index in [9.17, 15) is 10.1 Å². The van der Waals surface area contributed by atoms with Gasteiger partial charge in [0.15, 0.2) is 0 Å². The molecule has 1 aromatic rings. The van der Waals surface area contributed by atoms with Crippen molar-refractivity contribution in [2.75, 3.05) is 7.05 Å². The van der Waals surface area contributed by atoms with Crippen molar-refractivity contribution in [1.29, 1.82) is 0 Å². The average Bonchev–Trinajstić information content (AvgIpc) is 2.77. The number of hydrogen-bond donors (Lipinski definition) is 0. The van der Waals surface area contributed by atoms with Gasteiger partial charge in [0.2, 0.25) is 0 Å². The first kappa shape index (κ1) is 12.6. The minimum Gasteiger partial charge on any atom is -0.354 e. The van der Waals surface area contributed by atoms with Gasteiger partial charge in [-0.2, -0.15) is 0 Å². The lowest BCUT2D eigenvalue weighted by Gasteiger charge is -2.27. The molecule has 1 saturated heterocycles. The van der Waals surface area contributed by atoms with Gasteiger partial charge < -0.3 is 4.74 Å². The summed E-state index contributed by atoms with van der Waals surface area (Å²) in [6.45, 7) is 0. The molecule has 2 aliphatic rings. The molecule has 1 unspecified atom stereocenters. The first-order valence-electron chi connectivity index (χ1n) is 6.78. The Balaban J connectivity index is 1.80. The number of benzene rings is 1. The van der Waals surface area contributed by atoms with Crippen molar-refractivity contribution in [3.05, 3.63) is 39.9 Å². The van der Waals surface area contributed by atoms with Gasteiger partial charge in [0.05, 0.1) is 11.0 Å². The Morgan fingerprint density at radius 1 is 1.26 bits per heavy atom. The number of rotatable bonds is 2. The molecule has 0 spiro atoms. The molecule has 5 nitrogen and oxygen atoms in total.